The van der Waals surface area contributed by atoms with Crippen LogP contribution in [0.1, 0.15) is 10.4 Å². The zero-order valence-electron chi connectivity index (χ0n) is 16.0. The predicted octanol–water partition coefficient (Wildman–Crippen LogP) is 4.61. The zero-order chi connectivity index (χ0) is 22.2. The smallest absolute Gasteiger partial charge is 0.335 e. The Labute approximate surface area is 180 Å². The Balaban J connectivity index is 1.67. The number of carboxylic acids is 1. The maximum atomic E-state index is 13.2. The molecule has 31 heavy (non-hydrogen) atoms. The number of nitrogens with zero attached hydrogens (tertiary/aromatic N) is 1. The van der Waals surface area contributed by atoms with Gasteiger partial charge >= 0.3 is 5.97 Å². The van der Waals surface area contributed by atoms with Gasteiger partial charge in [0.05, 0.1) is 33.5 Å². The molecule has 0 saturated heterocycles. The summed E-state index contributed by atoms with van der Waals surface area (Å²) in [6.07, 6.45) is 0. The topological polar surface area (TPSA) is 106 Å². The number of fused-ring (bicyclic) bond motifs is 1. The zero-order valence-corrected chi connectivity index (χ0v) is 17.6. The number of benzene rings is 3. The van der Waals surface area contributed by atoms with Crippen LogP contribution >= 0.6 is 11.3 Å². The second-order valence-electron chi connectivity index (χ2n) is 6.48. The lowest BCUT2D eigenvalue weighted by Crippen LogP contribution is -2.14. The molecule has 4 rings (SSSR count). The summed E-state index contributed by atoms with van der Waals surface area (Å²) in [6.45, 7) is 0. The van der Waals surface area contributed by atoms with Crippen LogP contribution in [-0.4, -0.2) is 31.6 Å². The van der Waals surface area contributed by atoms with E-state index in [9.17, 15) is 17.6 Å². The van der Waals surface area contributed by atoms with Gasteiger partial charge in [-0.25, -0.2) is 22.6 Å². The quantitative estimate of drug-likeness (QED) is 0.437. The number of sulfonamides is 1. The molecule has 1 heterocycles. The van der Waals surface area contributed by atoms with Gasteiger partial charge in [0.25, 0.3) is 10.0 Å². The van der Waals surface area contributed by atoms with Crippen molar-refractivity contribution < 1.29 is 27.4 Å². The lowest BCUT2D eigenvalue weighted by molar-refractivity contribution is 0.0696. The van der Waals surface area contributed by atoms with Crippen LogP contribution in [0.5, 0.6) is 5.75 Å². The molecule has 158 valence electrons. The van der Waals surface area contributed by atoms with Gasteiger partial charge < -0.3 is 9.84 Å². The molecule has 0 radical (unpaired) electrons. The molecule has 0 bridgehead atoms. The number of aromatic carboxylic acids is 1. The monoisotopic (exact) mass is 458 g/mol. The molecule has 3 aromatic carbocycles. The Morgan fingerprint density at radius 1 is 1.10 bits per heavy atom. The minimum atomic E-state index is -3.99. The Morgan fingerprint density at radius 3 is 2.52 bits per heavy atom. The molecule has 0 aliphatic carbocycles. The van der Waals surface area contributed by atoms with Crippen molar-refractivity contribution in [3.63, 3.8) is 0 Å². The van der Waals surface area contributed by atoms with Gasteiger partial charge in [0.1, 0.15) is 16.6 Å². The summed E-state index contributed by atoms with van der Waals surface area (Å²) in [5, 5.41) is 9.73. The summed E-state index contributed by atoms with van der Waals surface area (Å²) < 4.78 is 47.3. The third-order valence-corrected chi connectivity index (χ3v) is 6.90. The number of thiazole rings is 1. The minimum Gasteiger partial charge on any atom is -0.495 e. The van der Waals surface area contributed by atoms with Crippen molar-refractivity contribution in [1.82, 2.24) is 4.98 Å². The predicted molar refractivity (Wildman–Crippen MR) is 116 cm³/mol. The number of carbonyl (C=O) groups is 1. The summed E-state index contributed by atoms with van der Waals surface area (Å²) in [7, 11) is -2.68. The van der Waals surface area contributed by atoms with Crippen LogP contribution in [0.2, 0.25) is 0 Å². The SMILES string of the molecule is COc1cc(C(=O)O)ccc1NS(=O)(=O)c1ccc2sc(-c3ccc(F)cc3)nc2c1. The summed E-state index contributed by atoms with van der Waals surface area (Å²) >= 11 is 1.37. The molecule has 0 unspecified atom stereocenters. The van der Waals surface area contributed by atoms with E-state index in [0.717, 1.165) is 10.3 Å². The summed E-state index contributed by atoms with van der Waals surface area (Å²) in [5.74, 6) is -1.42. The fraction of sp³-hybridized carbons (Fsp3) is 0.0476. The normalized spacial score (nSPS) is 11.4. The van der Waals surface area contributed by atoms with Crippen molar-refractivity contribution >= 4 is 43.2 Å². The number of rotatable bonds is 6. The van der Waals surface area contributed by atoms with E-state index in [4.69, 9.17) is 9.84 Å². The fourth-order valence-electron chi connectivity index (χ4n) is 2.90. The highest BCUT2D eigenvalue weighted by Crippen LogP contribution is 2.33. The highest BCUT2D eigenvalue weighted by molar-refractivity contribution is 7.92. The standard InChI is InChI=1S/C21H15FN2O5S2/c1-29-18-10-13(21(25)26)4-8-16(18)24-31(27,28)15-7-9-19-17(11-15)23-20(30-19)12-2-5-14(22)6-3-12/h2-11,24H,1H3,(H,25,26). The second-order valence-corrected chi connectivity index (χ2v) is 9.19. The summed E-state index contributed by atoms with van der Waals surface area (Å²) in [4.78, 5) is 15.6. The first kappa shape index (κ1) is 20.8. The van der Waals surface area contributed by atoms with Gasteiger partial charge in [-0.05, 0) is 60.7 Å². The third-order valence-electron chi connectivity index (χ3n) is 4.45. The minimum absolute atomic E-state index is 0.0136. The van der Waals surface area contributed by atoms with Crippen LogP contribution in [-0.2, 0) is 10.0 Å². The number of hydrogen-bond acceptors (Lipinski definition) is 6. The Hall–Kier alpha value is -3.50. The number of hydrogen-bond donors (Lipinski definition) is 2. The van der Waals surface area contributed by atoms with E-state index < -0.39 is 16.0 Å². The summed E-state index contributed by atoms with van der Waals surface area (Å²) in [5.41, 5.74) is 1.30. The average Bonchev–Trinajstić information content (AvgIpc) is 3.17. The third kappa shape index (κ3) is 4.21. The van der Waals surface area contributed by atoms with Gasteiger partial charge in [0, 0.05) is 5.56 Å². The first-order valence-corrected chi connectivity index (χ1v) is 11.2. The number of halogens is 1. The molecule has 0 aliphatic heterocycles. The van der Waals surface area contributed by atoms with Crippen LogP contribution in [0.25, 0.3) is 20.8 Å². The lowest BCUT2D eigenvalue weighted by Gasteiger charge is -2.12. The van der Waals surface area contributed by atoms with E-state index in [2.05, 4.69) is 9.71 Å². The average molecular weight is 458 g/mol. The van der Waals surface area contributed by atoms with Gasteiger partial charge in [-0.3, -0.25) is 4.72 Å². The highest BCUT2D eigenvalue weighted by Gasteiger charge is 2.19. The highest BCUT2D eigenvalue weighted by atomic mass is 32.2. The van der Waals surface area contributed by atoms with Crippen LogP contribution in [0, 0.1) is 5.82 Å². The molecule has 2 N–H and O–H groups in total. The molecular formula is C21H15FN2O5S2. The number of methoxy groups -OCH3 is 1. The van der Waals surface area contributed by atoms with Crippen molar-refractivity contribution in [2.24, 2.45) is 0 Å². The molecule has 0 spiro atoms. The van der Waals surface area contributed by atoms with Crippen LogP contribution < -0.4 is 9.46 Å². The lowest BCUT2D eigenvalue weighted by atomic mass is 10.2. The molecule has 0 aliphatic rings. The first-order valence-electron chi connectivity index (χ1n) is 8.87. The maximum absolute atomic E-state index is 13.2. The van der Waals surface area contributed by atoms with Gasteiger partial charge in [-0.2, -0.15) is 0 Å². The van der Waals surface area contributed by atoms with Crippen molar-refractivity contribution in [3.8, 4) is 16.3 Å². The maximum Gasteiger partial charge on any atom is 0.335 e. The second kappa shape index (κ2) is 7.97. The Morgan fingerprint density at radius 2 is 1.84 bits per heavy atom. The van der Waals surface area contributed by atoms with E-state index in [0.29, 0.717) is 10.5 Å². The number of aromatic nitrogens is 1. The molecular weight excluding hydrogens is 443 g/mol. The molecule has 0 saturated carbocycles. The summed E-state index contributed by atoms with van der Waals surface area (Å²) in [6, 6.07) is 14.3. The fourth-order valence-corrected chi connectivity index (χ4v) is 4.94. The van der Waals surface area contributed by atoms with Crippen LogP contribution in [0.4, 0.5) is 10.1 Å². The van der Waals surface area contributed by atoms with E-state index in [1.165, 1.54) is 60.9 Å². The molecule has 7 nitrogen and oxygen atoms in total. The Bertz CT molecular complexity index is 1400. The number of ether oxygens (including phenoxy) is 1. The van der Waals surface area contributed by atoms with Crippen molar-refractivity contribution in [1.29, 1.82) is 0 Å². The van der Waals surface area contributed by atoms with E-state index >= 15 is 0 Å². The molecule has 0 amide bonds. The number of carboxylic acid groups (broad SMARTS) is 1. The molecule has 0 atom stereocenters. The molecule has 1 aromatic heterocycles. The van der Waals surface area contributed by atoms with Crippen molar-refractivity contribution in [2.45, 2.75) is 4.90 Å². The Kier molecular flexibility index (Phi) is 5.34. The van der Waals surface area contributed by atoms with Crippen LogP contribution in [0.15, 0.2) is 65.6 Å². The van der Waals surface area contributed by atoms with E-state index in [-0.39, 0.29) is 27.7 Å². The van der Waals surface area contributed by atoms with Gasteiger partial charge in [-0.15, -0.1) is 11.3 Å². The molecule has 10 heteroatoms. The van der Waals surface area contributed by atoms with Gasteiger partial charge in [0.15, 0.2) is 0 Å². The van der Waals surface area contributed by atoms with Crippen molar-refractivity contribution in [3.05, 3.63) is 72.0 Å². The van der Waals surface area contributed by atoms with Crippen LogP contribution in [0.3, 0.4) is 0 Å². The molecule has 4 aromatic rings. The number of nitrogens with one attached hydrogen (secondary N) is 1. The van der Waals surface area contributed by atoms with E-state index in [1.54, 1.807) is 18.2 Å². The van der Waals surface area contributed by atoms with Gasteiger partial charge in [-0.1, -0.05) is 0 Å². The van der Waals surface area contributed by atoms with E-state index in [1.807, 2.05) is 0 Å². The first-order chi connectivity index (χ1) is 14.8. The molecule has 0 fully saturated rings. The number of anilines is 1. The largest absolute Gasteiger partial charge is 0.495 e. The van der Waals surface area contributed by atoms with Gasteiger partial charge in [0.2, 0.25) is 0 Å². The van der Waals surface area contributed by atoms with Crippen molar-refractivity contribution in [2.75, 3.05) is 11.8 Å².